The number of hydrogen-bond donors (Lipinski definition) is 1. The molecule has 9 heavy (non-hydrogen) atoms. The molecule has 1 unspecified atom stereocenters. The second-order valence-corrected chi connectivity index (χ2v) is 2.35. The minimum atomic E-state index is -0.576. The van der Waals surface area contributed by atoms with Crippen molar-refractivity contribution in [1.29, 1.82) is 0 Å². The SMILES string of the molecule is CCCC[N+](N)([O-])CC. The predicted octanol–water partition coefficient (Wildman–Crippen LogP) is 0.995. The molecule has 0 aliphatic rings. The molecule has 0 bridgehead atoms. The Bertz CT molecular complexity index is 73.5. The summed E-state index contributed by atoms with van der Waals surface area (Å²) in [6, 6.07) is 0. The molecule has 0 saturated heterocycles. The second-order valence-electron chi connectivity index (χ2n) is 2.35. The molecule has 0 saturated carbocycles. The largest absolute Gasteiger partial charge is 0.612 e. The Morgan fingerprint density at radius 1 is 1.44 bits per heavy atom. The fraction of sp³-hybridized carbons (Fsp3) is 1.00. The standard InChI is InChI=1S/C6H16N2O/c1-3-5-6-8(7,9)4-2/h3-7H2,1-2H3. The minimum absolute atomic E-state index is 0.472. The van der Waals surface area contributed by atoms with Crippen LogP contribution in [0.25, 0.3) is 0 Å². The van der Waals surface area contributed by atoms with Gasteiger partial charge in [0.2, 0.25) is 0 Å². The van der Waals surface area contributed by atoms with Crippen LogP contribution in [0.3, 0.4) is 0 Å². The van der Waals surface area contributed by atoms with E-state index in [1.54, 1.807) is 0 Å². The van der Waals surface area contributed by atoms with E-state index in [-0.39, 0.29) is 0 Å². The first-order chi connectivity index (χ1) is 4.12. The first kappa shape index (κ1) is 8.88. The molecule has 0 aromatic heterocycles. The third kappa shape index (κ3) is 4.39. The van der Waals surface area contributed by atoms with Crippen molar-refractivity contribution < 1.29 is 4.76 Å². The van der Waals surface area contributed by atoms with E-state index < -0.39 is 4.76 Å². The number of unbranched alkanes of at least 4 members (excludes halogenated alkanes) is 1. The molecule has 0 aliphatic heterocycles. The molecule has 3 heteroatoms. The van der Waals surface area contributed by atoms with Gasteiger partial charge in [0.15, 0.2) is 0 Å². The molecule has 0 aromatic rings. The van der Waals surface area contributed by atoms with E-state index in [4.69, 9.17) is 5.84 Å². The van der Waals surface area contributed by atoms with Crippen LogP contribution in [0, 0.1) is 5.21 Å². The van der Waals surface area contributed by atoms with Gasteiger partial charge in [-0.3, -0.25) is 4.76 Å². The molecular weight excluding hydrogens is 116 g/mol. The molecular formula is C6H16N2O. The van der Waals surface area contributed by atoms with Crippen molar-refractivity contribution in [3.8, 4) is 0 Å². The molecule has 3 nitrogen and oxygen atoms in total. The first-order valence-corrected chi connectivity index (χ1v) is 3.49. The lowest BCUT2D eigenvalue weighted by atomic mass is 10.3. The van der Waals surface area contributed by atoms with Crippen LogP contribution in [0.5, 0.6) is 0 Å². The monoisotopic (exact) mass is 132 g/mol. The zero-order valence-electron chi connectivity index (χ0n) is 6.26. The predicted molar refractivity (Wildman–Crippen MR) is 38.1 cm³/mol. The molecule has 0 aliphatic carbocycles. The molecule has 0 spiro atoms. The number of rotatable bonds is 4. The Balaban J connectivity index is 3.33. The average Bonchev–Trinajstić information content (AvgIpc) is 1.84. The fourth-order valence-corrected chi connectivity index (χ4v) is 0.584. The molecule has 56 valence electrons. The van der Waals surface area contributed by atoms with Gasteiger partial charge >= 0.3 is 0 Å². The van der Waals surface area contributed by atoms with Gasteiger partial charge in [0.25, 0.3) is 0 Å². The van der Waals surface area contributed by atoms with Crippen LogP contribution in [0.4, 0.5) is 0 Å². The number of nitrogens with zero attached hydrogens (tertiary/aromatic N) is 1. The Morgan fingerprint density at radius 3 is 2.33 bits per heavy atom. The van der Waals surface area contributed by atoms with Crippen molar-refractivity contribution in [1.82, 2.24) is 0 Å². The molecule has 0 heterocycles. The van der Waals surface area contributed by atoms with E-state index in [2.05, 4.69) is 6.92 Å². The zero-order valence-corrected chi connectivity index (χ0v) is 6.26. The summed E-state index contributed by atoms with van der Waals surface area (Å²) in [6.07, 6.45) is 1.97. The van der Waals surface area contributed by atoms with Crippen LogP contribution >= 0.6 is 0 Å². The fourth-order valence-electron chi connectivity index (χ4n) is 0.584. The van der Waals surface area contributed by atoms with Crippen molar-refractivity contribution in [2.75, 3.05) is 13.1 Å². The van der Waals surface area contributed by atoms with E-state index in [1.165, 1.54) is 0 Å². The third-order valence-electron chi connectivity index (χ3n) is 1.43. The molecule has 0 aromatic carbocycles. The average molecular weight is 132 g/mol. The summed E-state index contributed by atoms with van der Waals surface area (Å²) in [5, 5.41) is 10.9. The molecule has 0 amide bonds. The van der Waals surface area contributed by atoms with Crippen molar-refractivity contribution in [2.45, 2.75) is 26.7 Å². The number of quaternary nitrogens is 1. The smallest absolute Gasteiger partial charge is 0.0958 e. The Morgan fingerprint density at radius 2 is 2.00 bits per heavy atom. The molecule has 0 radical (unpaired) electrons. The van der Waals surface area contributed by atoms with E-state index in [9.17, 15) is 5.21 Å². The maximum atomic E-state index is 10.9. The van der Waals surface area contributed by atoms with E-state index in [0.717, 1.165) is 12.8 Å². The Labute approximate surface area is 56.6 Å². The highest BCUT2D eigenvalue weighted by molar-refractivity contribution is 4.34. The van der Waals surface area contributed by atoms with Crippen LogP contribution < -0.4 is 5.84 Å². The summed E-state index contributed by atoms with van der Waals surface area (Å²) in [6.45, 7) is 4.88. The summed E-state index contributed by atoms with van der Waals surface area (Å²) < 4.78 is -0.576. The van der Waals surface area contributed by atoms with Gasteiger partial charge in [-0.2, -0.15) is 5.84 Å². The Hall–Kier alpha value is -0.120. The van der Waals surface area contributed by atoms with Crippen LogP contribution in [-0.4, -0.2) is 17.8 Å². The van der Waals surface area contributed by atoms with Gasteiger partial charge in [-0.25, -0.2) is 0 Å². The van der Waals surface area contributed by atoms with Crippen molar-refractivity contribution in [3.63, 3.8) is 0 Å². The maximum absolute atomic E-state index is 10.9. The normalized spacial score (nSPS) is 17.3. The summed E-state index contributed by atoms with van der Waals surface area (Å²) in [7, 11) is 0. The van der Waals surface area contributed by atoms with Crippen molar-refractivity contribution >= 4 is 0 Å². The van der Waals surface area contributed by atoms with E-state index in [1.807, 2.05) is 6.92 Å². The topological polar surface area (TPSA) is 49.1 Å². The zero-order chi connectivity index (χ0) is 7.33. The van der Waals surface area contributed by atoms with Gasteiger partial charge in [0.1, 0.15) is 0 Å². The van der Waals surface area contributed by atoms with Crippen molar-refractivity contribution in [3.05, 3.63) is 5.21 Å². The van der Waals surface area contributed by atoms with Crippen LogP contribution in [0.15, 0.2) is 0 Å². The van der Waals surface area contributed by atoms with Crippen molar-refractivity contribution in [2.24, 2.45) is 5.84 Å². The summed E-state index contributed by atoms with van der Waals surface area (Å²) in [5.74, 6) is 5.28. The maximum Gasteiger partial charge on any atom is 0.0958 e. The quantitative estimate of drug-likeness (QED) is 0.352. The van der Waals surface area contributed by atoms with E-state index in [0.29, 0.717) is 13.1 Å². The van der Waals surface area contributed by atoms with E-state index >= 15 is 0 Å². The van der Waals surface area contributed by atoms with Gasteiger partial charge in [-0.15, -0.1) is 0 Å². The molecule has 2 N–H and O–H groups in total. The molecule has 0 rings (SSSR count). The third-order valence-corrected chi connectivity index (χ3v) is 1.43. The van der Waals surface area contributed by atoms with Gasteiger partial charge in [0, 0.05) is 0 Å². The lowest BCUT2D eigenvalue weighted by Crippen LogP contribution is -2.49. The highest BCUT2D eigenvalue weighted by atomic mass is 16.6. The molecule has 0 fully saturated rings. The van der Waals surface area contributed by atoms with Gasteiger partial charge in [-0.05, 0) is 13.3 Å². The van der Waals surface area contributed by atoms with Crippen LogP contribution in [0.1, 0.15) is 26.7 Å². The highest BCUT2D eigenvalue weighted by Gasteiger charge is 2.04. The molecule has 1 atom stereocenters. The van der Waals surface area contributed by atoms with Gasteiger partial charge < -0.3 is 5.21 Å². The number of nitrogens with two attached hydrogens (primary N) is 1. The highest BCUT2D eigenvalue weighted by Crippen LogP contribution is 1.97. The summed E-state index contributed by atoms with van der Waals surface area (Å²) in [4.78, 5) is 0. The lowest BCUT2D eigenvalue weighted by Gasteiger charge is -2.35. The minimum Gasteiger partial charge on any atom is -0.612 e. The summed E-state index contributed by atoms with van der Waals surface area (Å²) in [5.41, 5.74) is 0. The van der Waals surface area contributed by atoms with Crippen LogP contribution in [0.2, 0.25) is 0 Å². The number of hydroxylamine groups is 2. The summed E-state index contributed by atoms with van der Waals surface area (Å²) >= 11 is 0. The van der Waals surface area contributed by atoms with Gasteiger partial charge in [0.05, 0.1) is 13.1 Å². The van der Waals surface area contributed by atoms with Crippen LogP contribution in [-0.2, 0) is 0 Å². The lowest BCUT2D eigenvalue weighted by molar-refractivity contribution is -0.891. The second kappa shape index (κ2) is 3.82. The van der Waals surface area contributed by atoms with Gasteiger partial charge in [-0.1, -0.05) is 13.3 Å². The first-order valence-electron chi connectivity index (χ1n) is 3.49. The number of hydrogen-bond acceptors (Lipinski definition) is 2. The Kier molecular flexibility index (Phi) is 3.77.